The van der Waals surface area contributed by atoms with E-state index in [9.17, 15) is 9.59 Å². The van der Waals surface area contributed by atoms with Gasteiger partial charge in [0.2, 0.25) is 0 Å². The molecule has 0 spiro atoms. The number of nitrogens with zero attached hydrogens (tertiary/aromatic N) is 4. The lowest BCUT2D eigenvalue weighted by Gasteiger charge is -2.38. The smallest absolute Gasteiger partial charge is 0.290 e. The number of aromatic nitrogens is 3. The van der Waals surface area contributed by atoms with E-state index in [1.165, 1.54) is 17.2 Å². The van der Waals surface area contributed by atoms with Crippen molar-refractivity contribution in [3.05, 3.63) is 93.2 Å². The number of carbonyl (C=O) groups excluding carboxylic acids is 1. The summed E-state index contributed by atoms with van der Waals surface area (Å²) in [4.78, 5) is 33.4. The number of pyridine rings is 1. The Kier molecular flexibility index (Phi) is 9.81. The number of nitrogens with one attached hydrogen (secondary N) is 3. The number of ether oxygens (including phenoxy) is 1. The van der Waals surface area contributed by atoms with Crippen molar-refractivity contribution in [1.29, 1.82) is 5.41 Å². The molecule has 252 valence electrons. The van der Waals surface area contributed by atoms with Crippen molar-refractivity contribution in [2.75, 3.05) is 30.3 Å². The second kappa shape index (κ2) is 13.7. The number of amides is 1. The first-order valence-electron chi connectivity index (χ1n) is 16.2. The summed E-state index contributed by atoms with van der Waals surface area (Å²) in [5.74, 6) is -0.239. The molecule has 0 aliphatic carbocycles. The van der Waals surface area contributed by atoms with E-state index >= 15 is 4.39 Å². The zero-order valence-corrected chi connectivity index (χ0v) is 28.7. The molecule has 1 aliphatic rings. The van der Waals surface area contributed by atoms with Crippen LogP contribution in [-0.2, 0) is 18.9 Å². The zero-order chi connectivity index (χ0) is 34.8. The van der Waals surface area contributed by atoms with Gasteiger partial charge in [0.25, 0.3) is 11.5 Å². The van der Waals surface area contributed by atoms with E-state index in [0.717, 1.165) is 31.4 Å². The van der Waals surface area contributed by atoms with Crippen molar-refractivity contribution >= 4 is 29.3 Å². The third kappa shape index (κ3) is 7.62. The Morgan fingerprint density at radius 3 is 2.44 bits per heavy atom. The van der Waals surface area contributed by atoms with Crippen LogP contribution in [0.1, 0.15) is 75.0 Å². The maximum absolute atomic E-state index is 15.3. The zero-order valence-electron chi connectivity index (χ0n) is 28.7. The van der Waals surface area contributed by atoms with Gasteiger partial charge in [0.15, 0.2) is 0 Å². The van der Waals surface area contributed by atoms with Crippen LogP contribution >= 0.6 is 0 Å². The molecule has 10 nitrogen and oxygen atoms in total. The molecule has 11 heteroatoms. The Bertz CT molecular complexity index is 1890. The molecule has 1 fully saturated rings. The van der Waals surface area contributed by atoms with Gasteiger partial charge in [0, 0.05) is 36.6 Å². The van der Waals surface area contributed by atoms with Gasteiger partial charge < -0.3 is 20.8 Å². The summed E-state index contributed by atoms with van der Waals surface area (Å²) in [5, 5.41) is 18.4. The first-order valence-corrected chi connectivity index (χ1v) is 16.2. The molecule has 48 heavy (non-hydrogen) atoms. The SMILES string of the molecule is CCc1c(NC(=O)c2c(F)cc(C(C)(C)C)cc2C=N)cccc1-c1cc(Nc2ccc(OC(C)(C)CN3CCC3)cn2)c(=O)n(C)n1. The quantitative estimate of drug-likeness (QED) is 0.154. The lowest BCUT2D eigenvalue weighted by atomic mass is 9.85. The highest BCUT2D eigenvalue weighted by Gasteiger charge is 2.27. The maximum Gasteiger partial charge on any atom is 0.290 e. The molecule has 0 radical (unpaired) electrons. The highest BCUT2D eigenvalue weighted by Crippen LogP contribution is 2.32. The molecule has 4 aromatic rings. The average molecular weight is 654 g/mol. The van der Waals surface area contributed by atoms with Crippen LogP contribution in [0.15, 0.2) is 59.5 Å². The topological polar surface area (TPSA) is 125 Å². The van der Waals surface area contributed by atoms with Gasteiger partial charge in [-0.1, -0.05) is 39.8 Å². The molecule has 0 unspecified atom stereocenters. The monoisotopic (exact) mass is 653 g/mol. The van der Waals surface area contributed by atoms with Gasteiger partial charge in [-0.3, -0.25) is 14.5 Å². The predicted octanol–water partition coefficient (Wildman–Crippen LogP) is 6.70. The number of hydrogen-bond acceptors (Lipinski definition) is 8. The van der Waals surface area contributed by atoms with E-state index in [4.69, 9.17) is 10.1 Å². The van der Waals surface area contributed by atoms with Gasteiger partial charge in [-0.15, -0.1) is 0 Å². The van der Waals surface area contributed by atoms with Gasteiger partial charge in [0.1, 0.15) is 28.7 Å². The number of carbonyl (C=O) groups is 1. The molecule has 3 heterocycles. The summed E-state index contributed by atoms with van der Waals surface area (Å²) in [5.41, 5.74) is 2.34. The normalized spacial score (nSPS) is 13.5. The fourth-order valence-corrected chi connectivity index (χ4v) is 5.84. The van der Waals surface area contributed by atoms with Crippen LogP contribution in [0.25, 0.3) is 11.3 Å². The Morgan fingerprint density at radius 1 is 1.08 bits per heavy atom. The summed E-state index contributed by atoms with van der Waals surface area (Å²) in [6.07, 6.45) is 4.37. The fraction of sp³-hybridized carbons (Fsp3) is 0.378. The van der Waals surface area contributed by atoms with Gasteiger partial charge in [-0.2, -0.15) is 5.10 Å². The van der Waals surface area contributed by atoms with Crippen molar-refractivity contribution in [3.63, 3.8) is 0 Å². The van der Waals surface area contributed by atoms with E-state index < -0.39 is 11.7 Å². The van der Waals surface area contributed by atoms with Crippen LogP contribution in [0.2, 0.25) is 0 Å². The van der Waals surface area contributed by atoms with Gasteiger partial charge in [0.05, 0.1) is 17.5 Å². The van der Waals surface area contributed by atoms with Gasteiger partial charge in [-0.05, 0) is 92.7 Å². The number of hydrogen-bond donors (Lipinski definition) is 3. The van der Waals surface area contributed by atoms with E-state index in [0.29, 0.717) is 40.5 Å². The fourth-order valence-electron chi connectivity index (χ4n) is 5.84. The number of anilines is 3. The highest BCUT2D eigenvalue weighted by atomic mass is 19.1. The minimum Gasteiger partial charge on any atom is -0.485 e. The molecule has 5 rings (SSSR count). The molecule has 1 saturated heterocycles. The van der Waals surface area contributed by atoms with Crippen LogP contribution in [0.3, 0.4) is 0 Å². The van der Waals surface area contributed by atoms with E-state index in [2.05, 4.69) is 39.5 Å². The van der Waals surface area contributed by atoms with E-state index in [1.54, 1.807) is 43.6 Å². The number of aryl methyl sites for hydroxylation is 1. The number of likely N-dealkylation sites (tertiary alicyclic amines) is 1. The average Bonchev–Trinajstić information content (AvgIpc) is 3.01. The summed E-state index contributed by atoms with van der Waals surface area (Å²) in [6, 6.07) is 13.6. The number of benzene rings is 2. The third-order valence-corrected chi connectivity index (χ3v) is 8.43. The molecule has 1 amide bonds. The first kappa shape index (κ1) is 34.4. The Hall–Kier alpha value is -4.90. The number of halogens is 1. The Labute approximate surface area is 280 Å². The predicted molar refractivity (Wildman–Crippen MR) is 189 cm³/mol. The molecular weight excluding hydrogens is 609 g/mol. The lowest BCUT2D eigenvalue weighted by molar-refractivity contribution is 0.0350. The first-order chi connectivity index (χ1) is 22.7. The van der Waals surface area contributed by atoms with Crippen molar-refractivity contribution < 1.29 is 13.9 Å². The summed E-state index contributed by atoms with van der Waals surface area (Å²) in [6.45, 7) is 14.9. The minimum atomic E-state index is -0.688. The molecule has 0 bridgehead atoms. The molecule has 0 atom stereocenters. The maximum atomic E-state index is 15.3. The molecule has 3 N–H and O–H groups in total. The molecule has 2 aromatic heterocycles. The van der Waals surface area contributed by atoms with E-state index in [-0.39, 0.29) is 33.4 Å². The van der Waals surface area contributed by atoms with Crippen molar-refractivity contribution in [1.82, 2.24) is 19.7 Å². The van der Waals surface area contributed by atoms with Crippen molar-refractivity contribution in [2.24, 2.45) is 7.05 Å². The van der Waals surface area contributed by atoms with Gasteiger partial charge >= 0.3 is 0 Å². The molecular formula is C37H44FN7O3. The summed E-state index contributed by atoms with van der Waals surface area (Å²) < 4.78 is 22.8. The van der Waals surface area contributed by atoms with Crippen LogP contribution in [-0.4, -0.2) is 57.0 Å². The van der Waals surface area contributed by atoms with Gasteiger partial charge in [-0.25, -0.2) is 14.1 Å². The largest absolute Gasteiger partial charge is 0.485 e. The second-order valence-corrected chi connectivity index (χ2v) is 13.8. The Morgan fingerprint density at radius 2 is 1.83 bits per heavy atom. The second-order valence-electron chi connectivity index (χ2n) is 13.8. The van der Waals surface area contributed by atoms with Crippen LogP contribution in [0.4, 0.5) is 21.6 Å². The van der Waals surface area contributed by atoms with Crippen LogP contribution in [0.5, 0.6) is 5.75 Å². The van der Waals surface area contributed by atoms with E-state index in [1.807, 2.05) is 39.8 Å². The van der Waals surface area contributed by atoms with Crippen molar-refractivity contribution in [3.8, 4) is 17.0 Å². The Balaban J connectivity index is 1.40. The molecule has 2 aromatic carbocycles. The standard InChI is InChI=1S/C37H44FN7O3/c1-8-26-27(11-9-12-29(26)42-34(46)33-23(20-39)17-24(18-28(33)38)36(2,3)4)30-19-31(35(47)44(7)43-30)41-32-14-13-25(21-40-32)48-37(5,6)22-45-15-10-16-45/h9,11-14,17-21,39H,8,10,15-16,22H2,1-7H3,(H,40,41)(H,42,46). The van der Waals surface area contributed by atoms with Crippen LogP contribution in [0, 0.1) is 11.2 Å². The summed E-state index contributed by atoms with van der Waals surface area (Å²) in [7, 11) is 1.57. The van der Waals surface area contributed by atoms with Crippen LogP contribution < -0.4 is 20.9 Å². The van der Waals surface area contributed by atoms with Crippen molar-refractivity contribution in [2.45, 2.75) is 65.4 Å². The molecule has 1 aliphatic heterocycles. The lowest BCUT2D eigenvalue weighted by Crippen LogP contribution is -2.48. The minimum absolute atomic E-state index is 0.194. The summed E-state index contributed by atoms with van der Waals surface area (Å²) >= 11 is 0. The molecule has 0 saturated carbocycles. The number of rotatable bonds is 11. The highest BCUT2D eigenvalue weighted by molar-refractivity contribution is 6.10. The third-order valence-electron chi connectivity index (χ3n) is 8.43.